The molecule has 2 N–H and O–H groups in total. The third-order valence-electron chi connectivity index (χ3n) is 7.30. The molecule has 4 rings (SSSR count). The van der Waals surface area contributed by atoms with Crippen molar-refractivity contribution < 1.29 is 24.5 Å². The SMILES string of the molecule is C=C1C2C=CC(=O)C(CC3OC(=O)C4(C)CCCC(C)(O)C34)(C2)C1O. The van der Waals surface area contributed by atoms with E-state index in [2.05, 4.69) is 6.58 Å². The summed E-state index contributed by atoms with van der Waals surface area (Å²) in [6.45, 7) is 7.58. The maximum Gasteiger partial charge on any atom is 0.312 e. The highest BCUT2D eigenvalue weighted by Crippen LogP contribution is 2.59. The van der Waals surface area contributed by atoms with Gasteiger partial charge in [-0.2, -0.15) is 0 Å². The van der Waals surface area contributed by atoms with Crippen molar-refractivity contribution in [2.45, 2.75) is 63.8 Å². The molecule has 0 spiro atoms. The highest BCUT2D eigenvalue weighted by atomic mass is 16.6. The van der Waals surface area contributed by atoms with E-state index in [1.807, 2.05) is 6.92 Å². The highest BCUT2D eigenvalue weighted by molar-refractivity contribution is 5.98. The Bertz CT molecular complexity index is 692. The van der Waals surface area contributed by atoms with Crippen LogP contribution in [0.25, 0.3) is 0 Å². The van der Waals surface area contributed by atoms with E-state index in [4.69, 9.17) is 4.74 Å². The summed E-state index contributed by atoms with van der Waals surface area (Å²) in [5.41, 5.74) is -2.07. The minimum atomic E-state index is -1.02. The summed E-state index contributed by atoms with van der Waals surface area (Å²) in [6.07, 6.45) is 4.66. The van der Waals surface area contributed by atoms with Gasteiger partial charge in [0.2, 0.25) is 0 Å². The van der Waals surface area contributed by atoms with Gasteiger partial charge in [0.15, 0.2) is 5.78 Å². The van der Waals surface area contributed by atoms with Crippen LogP contribution in [0.1, 0.15) is 46.0 Å². The Morgan fingerprint density at radius 3 is 2.76 bits per heavy atom. The lowest BCUT2D eigenvalue weighted by molar-refractivity contribution is -0.151. The van der Waals surface area contributed by atoms with Crippen LogP contribution < -0.4 is 0 Å². The standard InChI is InChI=1S/C20H26O5/c1-11-12-5-6-14(21)20(9-12,16(11)22)10-13-15-18(2,17(23)25-13)7-4-8-19(15,3)24/h5-6,12-13,15-16,22,24H,1,4,7-10H2,2-3H3. The summed E-state index contributed by atoms with van der Waals surface area (Å²) in [4.78, 5) is 25.3. The predicted octanol–water partition coefficient (Wildman–Crippen LogP) is 1.92. The second-order valence-corrected chi connectivity index (χ2v) is 8.92. The fourth-order valence-electron chi connectivity index (χ4n) is 5.99. The molecule has 0 aromatic rings. The Kier molecular flexibility index (Phi) is 3.42. The highest BCUT2D eigenvalue weighted by Gasteiger charge is 2.65. The molecule has 3 aliphatic carbocycles. The summed E-state index contributed by atoms with van der Waals surface area (Å²) in [5.74, 6) is -0.799. The molecular formula is C20H26O5. The number of esters is 1. The first-order valence-corrected chi connectivity index (χ1v) is 9.15. The van der Waals surface area contributed by atoms with Crippen LogP contribution in [0.15, 0.2) is 24.3 Å². The first-order chi connectivity index (χ1) is 11.6. The van der Waals surface area contributed by atoms with E-state index in [1.54, 1.807) is 13.0 Å². The molecule has 2 bridgehead atoms. The number of aliphatic hydroxyl groups is 2. The topological polar surface area (TPSA) is 83.8 Å². The van der Waals surface area contributed by atoms with Crippen LogP contribution in [-0.2, 0) is 14.3 Å². The van der Waals surface area contributed by atoms with E-state index in [9.17, 15) is 19.8 Å². The number of ether oxygens (including phenoxy) is 1. The molecule has 0 aromatic carbocycles. The number of hydrogen-bond acceptors (Lipinski definition) is 5. The van der Waals surface area contributed by atoms with Crippen molar-refractivity contribution in [3.63, 3.8) is 0 Å². The van der Waals surface area contributed by atoms with E-state index in [-0.39, 0.29) is 30.0 Å². The number of fused-ring (bicyclic) bond motifs is 3. The molecule has 3 fully saturated rings. The van der Waals surface area contributed by atoms with Crippen molar-refractivity contribution in [2.75, 3.05) is 0 Å². The van der Waals surface area contributed by atoms with Gasteiger partial charge in [0.1, 0.15) is 6.10 Å². The normalized spacial score (nSPS) is 51.6. The van der Waals surface area contributed by atoms with E-state index in [0.717, 1.165) is 6.42 Å². The van der Waals surface area contributed by atoms with Crippen molar-refractivity contribution >= 4 is 11.8 Å². The molecule has 1 aliphatic heterocycles. The van der Waals surface area contributed by atoms with E-state index in [0.29, 0.717) is 24.8 Å². The minimum absolute atomic E-state index is 0.0111. The van der Waals surface area contributed by atoms with Gasteiger partial charge in [-0.3, -0.25) is 9.59 Å². The van der Waals surface area contributed by atoms with E-state index >= 15 is 0 Å². The van der Waals surface area contributed by atoms with Gasteiger partial charge in [0.05, 0.1) is 22.5 Å². The van der Waals surface area contributed by atoms with Gasteiger partial charge in [-0.05, 0) is 51.2 Å². The largest absolute Gasteiger partial charge is 0.461 e. The molecule has 1 saturated heterocycles. The Balaban J connectivity index is 1.71. The number of rotatable bonds is 2. The van der Waals surface area contributed by atoms with Crippen LogP contribution in [0.5, 0.6) is 0 Å². The fourth-order valence-corrected chi connectivity index (χ4v) is 5.99. The van der Waals surface area contributed by atoms with Crippen LogP contribution in [0.4, 0.5) is 0 Å². The lowest BCUT2D eigenvalue weighted by Crippen LogP contribution is -2.53. The molecule has 4 aliphatic rings. The molecule has 25 heavy (non-hydrogen) atoms. The number of ketones is 1. The zero-order valence-corrected chi connectivity index (χ0v) is 14.8. The number of carbonyl (C=O) groups excluding carboxylic acids is 2. The number of carbonyl (C=O) groups is 2. The first-order valence-electron chi connectivity index (χ1n) is 9.15. The number of cyclic esters (lactones) is 1. The summed E-state index contributed by atoms with van der Waals surface area (Å²) >= 11 is 0. The molecule has 7 unspecified atom stereocenters. The summed E-state index contributed by atoms with van der Waals surface area (Å²) in [7, 11) is 0. The van der Waals surface area contributed by atoms with Crippen molar-refractivity contribution in [1.29, 1.82) is 0 Å². The summed E-state index contributed by atoms with van der Waals surface area (Å²) < 4.78 is 5.71. The Morgan fingerprint density at radius 2 is 2.04 bits per heavy atom. The molecule has 5 nitrogen and oxygen atoms in total. The molecule has 5 heteroatoms. The maximum absolute atomic E-state index is 12.7. The van der Waals surface area contributed by atoms with Crippen molar-refractivity contribution in [3.05, 3.63) is 24.3 Å². The molecule has 7 atom stereocenters. The van der Waals surface area contributed by atoms with Crippen LogP contribution in [0.2, 0.25) is 0 Å². The average molecular weight is 346 g/mol. The zero-order chi connectivity index (χ0) is 18.2. The number of aliphatic hydroxyl groups excluding tert-OH is 1. The van der Waals surface area contributed by atoms with Crippen LogP contribution in [0, 0.1) is 22.7 Å². The van der Waals surface area contributed by atoms with E-state index < -0.39 is 28.6 Å². The molecule has 136 valence electrons. The van der Waals surface area contributed by atoms with Crippen molar-refractivity contribution in [2.24, 2.45) is 22.7 Å². The van der Waals surface area contributed by atoms with Gasteiger partial charge in [0, 0.05) is 18.3 Å². The second-order valence-electron chi connectivity index (χ2n) is 8.92. The molecule has 1 heterocycles. The van der Waals surface area contributed by atoms with E-state index in [1.165, 1.54) is 6.08 Å². The monoisotopic (exact) mass is 346 g/mol. The van der Waals surface area contributed by atoms with Crippen LogP contribution >= 0.6 is 0 Å². The average Bonchev–Trinajstić information content (AvgIpc) is 2.89. The maximum atomic E-state index is 12.7. The Hall–Kier alpha value is -1.46. The summed E-state index contributed by atoms with van der Waals surface area (Å²) in [5, 5.41) is 21.7. The van der Waals surface area contributed by atoms with Gasteiger partial charge in [-0.15, -0.1) is 0 Å². The van der Waals surface area contributed by atoms with Crippen LogP contribution in [-0.4, -0.2) is 39.8 Å². The lowest BCUT2D eigenvalue weighted by atomic mass is 9.58. The number of allylic oxidation sites excluding steroid dienone is 2. The van der Waals surface area contributed by atoms with Gasteiger partial charge in [-0.25, -0.2) is 0 Å². The lowest BCUT2D eigenvalue weighted by Gasteiger charge is -2.45. The fraction of sp³-hybridized carbons (Fsp3) is 0.700. The van der Waals surface area contributed by atoms with Gasteiger partial charge >= 0.3 is 5.97 Å². The second kappa shape index (κ2) is 5.04. The predicted molar refractivity (Wildman–Crippen MR) is 90.4 cm³/mol. The minimum Gasteiger partial charge on any atom is -0.461 e. The van der Waals surface area contributed by atoms with Gasteiger partial charge < -0.3 is 14.9 Å². The quantitative estimate of drug-likeness (QED) is 0.589. The van der Waals surface area contributed by atoms with Crippen LogP contribution in [0.3, 0.4) is 0 Å². The number of hydrogen-bond donors (Lipinski definition) is 2. The van der Waals surface area contributed by atoms with Crippen molar-refractivity contribution in [3.8, 4) is 0 Å². The van der Waals surface area contributed by atoms with Gasteiger partial charge in [-0.1, -0.05) is 12.7 Å². The van der Waals surface area contributed by atoms with Gasteiger partial charge in [0.25, 0.3) is 0 Å². The Morgan fingerprint density at radius 1 is 1.32 bits per heavy atom. The zero-order valence-electron chi connectivity index (χ0n) is 14.8. The molecule has 0 aromatic heterocycles. The van der Waals surface area contributed by atoms with Crippen molar-refractivity contribution in [1.82, 2.24) is 0 Å². The molecular weight excluding hydrogens is 320 g/mol. The third kappa shape index (κ3) is 2.08. The smallest absolute Gasteiger partial charge is 0.312 e. The Labute approximate surface area is 147 Å². The molecule has 0 radical (unpaired) electrons. The molecule has 2 saturated carbocycles. The summed E-state index contributed by atoms with van der Waals surface area (Å²) in [6, 6.07) is 0. The third-order valence-corrected chi connectivity index (χ3v) is 7.30. The molecule has 0 amide bonds. The first kappa shape index (κ1) is 17.0.